The number of hydrogen-bond acceptors (Lipinski definition) is 3. The Kier molecular flexibility index (Phi) is 3.56. The van der Waals surface area contributed by atoms with Gasteiger partial charge < -0.3 is 4.90 Å². The van der Waals surface area contributed by atoms with Crippen LogP contribution in [0, 0.1) is 0 Å². The van der Waals surface area contributed by atoms with Crippen molar-refractivity contribution in [1.82, 2.24) is 4.90 Å². The molecule has 0 bridgehead atoms. The molecule has 0 amide bonds. The summed E-state index contributed by atoms with van der Waals surface area (Å²) in [6, 6.07) is 9.00. The highest BCUT2D eigenvalue weighted by molar-refractivity contribution is 5.96. The van der Waals surface area contributed by atoms with Crippen LogP contribution < -0.4 is 4.90 Å². The van der Waals surface area contributed by atoms with Crippen LogP contribution >= 0.6 is 0 Å². The third kappa shape index (κ3) is 2.81. The van der Waals surface area contributed by atoms with Crippen LogP contribution in [0.15, 0.2) is 24.3 Å². The molecule has 1 aliphatic heterocycles. The van der Waals surface area contributed by atoms with Gasteiger partial charge in [-0.1, -0.05) is 6.92 Å². The second kappa shape index (κ2) is 5.33. The fourth-order valence-corrected chi connectivity index (χ4v) is 2.85. The molecule has 3 nitrogen and oxygen atoms in total. The Bertz CT molecular complexity index is 442. The highest BCUT2D eigenvalue weighted by atomic mass is 16.1. The van der Waals surface area contributed by atoms with E-state index in [0.29, 0.717) is 6.42 Å². The highest BCUT2D eigenvalue weighted by Crippen LogP contribution is 2.28. The van der Waals surface area contributed by atoms with Crippen LogP contribution in [0.1, 0.15) is 36.5 Å². The predicted octanol–water partition coefficient (Wildman–Crippen LogP) is 2.56. The van der Waals surface area contributed by atoms with Crippen LogP contribution in [0.2, 0.25) is 0 Å². The number of hydrogen-bond donors (Lipinski definition) is 0. The van der Waals surface area contributed by atoms with E-state index in [2.05, 4.69) is 21.9 Å². The summed E-state index contributed by atoms with van der Waals surface area (Å²) < 4.78 is 0. The molecule has 2 fully saturated rings. The smallest absolute Gasteiger partial charge is 0.162 e. The molecule has 1 heterocycles. The summed E-state index contributed by atoms with van der Waals surface area (Å²) in [5.41, 5.74) is 2.09. The largest absolute Gasteiger partial charge is 0.369 e. The van der Waals surface area contributed by atoms with Gasteiger partial charge in [0, 0.05) is 49.9 Å². The first-order valence-electron chi connectivity index (χ1n) is 7.40. The number of carbonyl (C=O) groups is 1. The fourth-order valence-electron chi connectivity index (χ4n) is 2.85. The number of rotatable bonds is 4. The Labute approximate surface area is 115 Å². The van der Waals surface area contributed by atoms with E-state index in [4.69, 9.17) is 0 Å². The molecule has 3 rings (SSSR count). The number of carbonyl (C=O) groups excluding carboxylic acids is 1. The molecule has 102 valence electrons. The summed E-state index contributed by atoms with van der Waals surface area (Å²) in [5.74, 6) is 0.227. The second-order valence-corrected chi connectivity index (χ2v) is 5.58. The number of anilines is 1. The third-order valence-electron chi connectivity index (χ3n) is 4.25. The van der Waals surface area contributed by atoms with Crippen molar-refractivity contribution in [2.24, 2.45) is 0 Å². The lowest BCUT2D eigenvalue weighted by Gasteiger charge is -2.36. The van der Waals surface area contributed by atoms with Crippen LogP contribution in [0.3, 0.4) is 0 Å². The highest BCUT2D eigenvalue weighted by Gasteiger charge is 2.31. The fraction of sp³-hybridized carbons (Fsp3) is 0.562. The van der Waals surface area contributed by atoms with Crippen LogP contribution in [-0.2, 0) is 0 Å². The monoisotopic (exact) mass is 258 g/mol. The van der Waals surface area contributed by atoms with E-state index in [9.17, 15) is 4.79 Å². The average Bonchev–Trinajstić information content (AvgIpc) is 3.31. The van der Waals surface area contributed by atoms with Crippen molar-refractivity contribution in [3.63, 3.8) is 0 Å². The summed E-state index contributed by atoms with van der Waals surface area (Å²) in [7, 11) is 0. The van der Waals surface area contributed by atoms with Crippen molar-refractivity contribution in [3.8, 4) is 0 Å². The number of ketones is 1. The molecule has 0 aromatic heterocycles. The van der Waals surface area contributed by atoms with Crippen LogP contribution in [0.4, 0.5) is 5.69 Å². The Balaban J connectivity index is 1.61. The van der Waals surface area contributed by atoms with Gasteiger partial charge in [-0.15, -0.1) is 0 Å². The molecule has 0 atom stereocenters. The van der Waals surface area contributed by atoms with Gasteiger partial charge in [-0.25, -0.2) is 0 Å². The lowest BCUT2D eigenvalue weighted by Crippen LogP contribution is -2.47. The Morgan fingerprint density at radius 1 is 1.11 bits per heavy atom. The van der Waals surface area contributed by atoms with Gasteiger partial charge in [0.05, 0.1) is 0 Å². The van der Waals surface area contributed by atoms with Gasteiger partial charge in [-0.05, 0) is 37.1 Å². The van der Waals surface area contributed by atoms with Crippen molar-refractivity contribution < 1.29 is 4.79 Å². The Hall–Kier alpha value is -1.35. The zero-order valence-electron chi connectivity index (χ0n) is 11.6. The molecular weight excluding hydrogens is 236 g/mol. The molecule has 1 aliphatic carbocycles. The molecule has 0 spiro atoms. The first kappa shape index (κ1) is 12.7. The summed E-state index contributed by atoms with van der Waals surface area (Å²) in [6.45, 7) is 6.49. The first-order chi connectivity index (χ1) is 9.28. The van der Waals surface area contributed by atoms with Gasteiger partial charge in [-0.2, -0.15) is 0 Å². The molecule has 1 aromatic carbocycles. The molecule has 3 heteroatoms. The normalized spacial score (nSPS) is 20.6. The van der Waals surface area contributed by atoms with E-state index in [-0.39, 0.29) is 5.78 Å². The van der Waals surface area contributed by atoms with Gasteiger partial charge in [0.2, 0.25) is 0 Å². The topological polar surface area (TPSA) is 23.6 Å². The molecule has 1 saturated carbocycles. The third-order valence-corrected chi connectivity index (χ3v) is 4.25. The van der Waals surface area contributed by atoms with Gasteiger partial charge >= 0.3 is 0 Å². The number of benzene rings is 1. The predicted molar refractivity (Wildman–Crippen MR) is 77.9 cm³/mol. The molecule has 1 saturated heterocycles. The zero-order chi connectivity index (χ0) is 13.2. The van der Waals surface area contributed by atoms with Crippen LogP contribution in [0.5, 0.6) is 0 Å². The van der Waals surface area contributed by atoms with Crippen LogP contribution in [0.25, 0.3) is 0 Å². The molecule has 19 heavy (non-hydrogen) atoms. The summed E-state index contributed by atoms with van der Waals surface area (Å²) in [4.78, 5) is 16.7. The van der Waals surface area contributed by atoms with E-state index < -0.39 is 0 Å². The lowest BCUT2D eigenvalue weighted by atomic mass is 10.1. The summed E-state index contributed by atoms with van der Waals surface area (Å²) in [5, 5.41) is 0. The first-order valence-corrected chi connectivity index (χ1v) is 7.40. The molecular formula is C16H22N2O. The van der Waals surface area contributed by atoms with Gasteiger partial charge in [0.25, 0.3) is 0 Å². The molecule has 0 radical (unpaired) electrons. The van der Waals surface area contributed by atoms with E-state index >= 15 is 0 Å². The lowest BCUT2D eigenvalue weighted by molar-refractivity contribution is 0.0988. The van der Waals surface area contributed by atoms with Gasteiger partial charge in [-0.3, -0.25) is 9.69 Å². The standard InChI is InChI=1S/C16H22N2O/c1-2-16(19)13-3-5-14(6-4-13)17-9-11-18(12-10-17)15-7-8-15/h3-6,15H,2,7-12H2,1H3. The van der Waals surface area contributed by atoms with Gasteiger partial charge in [0.15, 0.2) is 5.78 Å². The summed E-state index contributed by atoms with van der Waals surface area (Å²) >= 11 is 0. The second-order valence-electron chi connectivity index (χ2n) is 5.58. The van der Waals surface area contributed by atoms with E-state index in [0.717, 1.165) is 24.7 Å². The van der Waals surface area contributed by atoms with E-state index in [1.807, 2.05) is 19.1 Å². The summed E-state index contributed by atoms with van der Waals surface area (Å²) in [6.07, 6.45) is 3.38. The minimum atomic E-state index is 0.227. The molecule has 0 unspecified atom stereocenters. The van der Waals surface area contributed by atoms with Gasteiger partial charge in [0.1, 0.15) is 0 Å². The Morgan fingerprint density at radius 2 is 1.74 bits per heavy atom. The van der Waals surface area contributed by atoms with Crippen molar-refractivity contribution in [1.29, 1.82) is 0 Å². The number of nitrogens with zero attached hydrogens (tertiary/aromatic N) is 2. The maximum Gasteiger partial charge on any atom is 0.162 e. The van der Waals surface area contributed by atoms with E-state index in [1.165, 1.54) is 31.6 Å². The van der Waals surface area contributed by atoms with Crippen molar-refractivity contribution in [3.05, 3.63) is 29.8 Å². The number of piperazine rings is 1. The Morgan fingerprint density at radius 3 is 2.26 bits per heavy atom. The average molecular weight is 258 g/mol. The molecule has 0 N–H and O–H groups in total. The molecule has 2 aliphatic rings. The van der Waals surface area contributed by atoms with Crippen molar-refractivity contribution >= 4 is 11.5 Å². The zero-order valence-corrected chi connectivity index (χ0v) is 11.6. The van der Waals surface area contributed by atoms with Crippen LogP contribution in [-0.4, -0.2) is 42.9 Å². The maximum atomic E-state index is 11.6. The van der Waals surface area contributed by atoms with E-state index in [1.54, 1.807) is 0 Å². The van der Waals surface area contributed by atoms with Crippen molar-refractivity contribution in [2.75, 3.05) is 31.1 Å². The van der Waals surface area contributed by atoms with Crippen molar-refractivity contribution in [2.45, 2.75) is 32.2 Å². The number of Topliss-reactive ketones (excluding diaryl/α,β-unsaturated/α-hetero) is 1. The molecule has 1 aromatic rings. The SMILES string of the molecule is CCC(=O)c1ccc(N2CCN(C3CC3)CC2)cc1. The maximum absolute atomic E-state index is 11.6. The quantitative estimate of drug-likeness (QED) is 0.776. The minimum Gasteiger partial charge on any atom is -0.369 e. The minimum absolute atomic E-state index is 0.227.